The Morgan fingerprint density at radius 1 is 1.29 bits per heavy atom. The summed E-state index contributed by atoms with van der Waals surface area (Å²) in [5.41, 5.74) is 1.59. The molecule has 0 radical (unpaired) electrons. The van der Waals surface area contributed by atoms with Crippen molar-refractivity contribution < 1.29 is 9.90 Å². The number of carbonyl (C=O) groups is 1. The average molecular weight is 290 g/mol. The Bertz CT molecular complexity index is 528. The van der Waals surface area contributed by atoms with Crippen LogP contribution < -0.4 is 10.6 Å². The minimum atomic E-state index is -0.929. The molecule has 0 aliphatic rings. The summed E-state index contributed by atoms with van der Waals surface area (Å²) in [6.45, 7) is 13.3. The number of hydrogen-bond donors (Lipinski definition) is 3. The number of urea groups is 1. The van der Waals surface area contributed by atoms with E-state index in [9.17, 15) is 9.90 Å². The van der Waals surface area contributed by atoms with Crippen molar-refractivity contribution in [2.75, 3.05) is 6.54 Å². The van der Waals surface area contributed by atoms with E-state index in [2.05, 4.69) is 17.2 Å². The molecule has 0 aromatic heterocycles. The Balaban J connectivity index is 2.79. The van der Waals surface area contributed by atoms with Gasteiger partial charge in [0.25, 0.3) is 0 Å². The third kappa shape index (κ3) is 5.60. The van der Waals surface area contributed by atoms with E-state index in [1.807, 2.05) is 45.0 Å². The van der Waals surface area contributed by atoms with Crippen molar-refractivity contribution >= 4 is 11.6 Å². The molecule has 1 aromatic carbocycles. The lowest BCUT2D eigenvalue weighted by atomic mass is 9.92. The summed E-state index contributed by atoms with van der Waals surface area (Å²) in [5.74, 6) is 0. The molecule has 0 aliphatic heterocycles. The average Bonchev–Trinajstić information content (AvgIpc) is 2.35. The quantitative estimate of drug-likeness (QED) is 0.780. The molecule has 0 aliphatic carbocycles. The van der Waals surface area contributed by atoms with Crippen molar-refractivity contribution in [3.8, 4) is 0 Å². The van der Waals surface area contributed by atoms with E-state index in [4.69, 9.17) is 0 Å². The SMILES string of the molecule is C=C(C)c1cccc(C(C)(C)NC(=O)NCC(C)(C)O)c1. The molecule has 0 saturated heterocycles. The minimum absolute atomic E-state index is 0.195. The number of benzene rings is 1. The fourth-order valence-corrected chi connectivity index (χ4v) is 1.87. The smallest absolute Gasteiger partial charge is 0.315 e. The zero-order valence-corrected chi connectivity index (χ0v) is 13.6. The summed E-state index contributed by atoms with van der Waals surface area (Å²) in [5, 5.41) is 15.2. The zero-order chi connectivity index (χ0) is 16.3. The first-order valence-corrected chi connectivity index (χ1v) is 7.06. The summed E-state index contributed by atoms with van der Waals surface area (Å²) in [6, 6.07) is 7.65. The molecule has 3 N–H and O–H groups in total. The molecule has 0 unspecified atom stereocenters. The van der Waals surface area contributed by atoms with Gasteiger partial charge in [-0.15, -0.1) is 0 Å². The number of allylic oxidation sites excluding steroid dienone is 1. The van der Waals surface area contributed by atoms with Crippen LogP contribution in [-0.2, 0) is 5.54 Å². The molecule has 116 valence electrons. The van der Waals surface area contributed by atoms with Gasteiger partial charge in [-0.1, -0.05) is 30.4 Å². The van der Waals surface area contributed by atoms with Gasteiger partial charge in [-0.05, 0) is 51.8 Å². The van der Waals surface area contributed by atoms with Crippen LogP contribution in [0.4, 0.5) is 4.79 Å². The Morgan fingerprint density at radius 3 is 2.43 bits per heavy atom. The Morgan fingerprint density at radius 2 is 1.90 bits per heavy atom. The lowest BCUT2D eigenvalue weighted by molar-refractivity contribution is 0.0815. The van der Waals surface area contributed by atoms with Gasteiger partial charge in [0.15, 0.2) is 0 Å². The van der Waals surface area contributed by atoms with E-state index < -0.39 is 11.1 Å². The summed E-state index contributed by atoms with van der Waals surface area (Å²) in [4.78, 5) is 11.9. The number of nitrogens with one attached hydrogen (secondary N) is 2. The summed E-state index contributed by atoms with van der Waals surface area (Å²) < 4.78 is 0. The zero-order valence-electron chi connectivity index (χ0n) is 13.6. The van der Waals surface area contributed by atoms with Crippen molar-refractivity contribution in [3.05, 3.63) is 42.0 Å². The molecule has 4 heteroatoms. The van der Waals surface area contributed by atoms with Crippen molar-refractivity contribution in [3.63, 3.8) is 0 Å². The summed E-state index contributed by atoms with van der Waals surface area (Å²) in [7, 11) is 0. The topological polar surface area (TPSA) is 61.4 Å². The maximum absolute atomic E-state index is 11.9. The van der Waals surface area contributed by atoms with Gasteiger partial charge < -0.3 is 15.7 Å². The Kier molecular flexibility index (Phi) is 5.18. The summed E-state index contributed by atoms with van der Waals surface area (Å²) in [6.07, 6.45) is 0. The fraction of sp³-hybridized carbons (Fsp3) is 0.471. The second kappa shape index (κ2) is 6.31. The molecular weight excluding hydrogens is 264 g/mol. The van der Waals surface area contributed by atoms with Crippen LogP contribution in [0.3, 0.4) is 0 Å². The van der Waals surface area contributed by atoms with Crippen LogP contribution in [0.1, 0.15) is 45.7 Å². The molecule has 0 fully saturated rings. The fourth-order valence-electron chi connectivity index (χ4n) is 1.87. The van der Waals surface area contributed by atoms with E-state index in [0.717, 1.165) is 16.7 Å². The first kappa shape index (κ1) is 17.2. The third-order valence-corrected chi connectivity index (χ3v) is 3.18. The molecule has 0 heterocycles. The number of carbonyl (C=O) groups excluding carboxylic acids is 1. The number of hydrogen-bond acceptors (Lipinski definition) is 2. The molecule has 0 bridgehead atoms. The molecule has 4 nitrogen and oxygen atoms in total. The van der Waals surface area contributed by atoms with Crippen molar-refractivity contribution in [2.45, 2.75) is 45.8 Å². The highest BCUT2D eigenvalue weighted by atomic mass is 16.3. The second-order valence-electron chi connectivity index (χ2n) is 6.61. The van der Waals surface area contributed by atoms with Crippen molar-refractivity contribution in [1.82, 2.24) is 10.6 Å². The van der Waals surface area contributed by atoms with E-state index in [-0.39, 0.29) is 12.6 Å². The highest BCUT2D eigenvalue weighted by Gasteiger charge is 2.24. The van der Waals surface area contributed by atoms with Gasteiger partial charge >= 0.3 is 6.03 Å². The van der Waals surface area contributed by atoms with E-state index in [1.54, 1.807) is 13.8 Å². The van der Waals surface area contributed by atoms with Gasteiger partial charge in [-0.3, -0.25) is 0 Å². The highest BCUT2D eigenvalue weighted by molar-refractivity contribution is 5.75. The lowest BCUT2D eigenvalue weighted by Crippen LogP contribution is -2.49. The molecule has 1 rings (SSSR count). The van der Waals surface area contributed by atoms with Gasteiger partial charge in [0.1, 0.15) is 0 Å². The van der Waals surface area contributed by atoms with Gasteiger partial charge in [-0.25, -0.2) is 4.79 Å². The molecule has 0 spiro atoms. The van der Waals surface area contributed by atoms with Gasteiger partial charge in [0.2, 0.25) is 0 Å². The number of amides is 2. The van der Waals surface area contributed by atoms with E-state index >= 15 is 0 Å². The van der Waals surface area contributed by atoms with Crippen LogP contribution in [-0.4, -0.2) is 23.3 Å². The van der Waals surface area contributed by atoms with E-state index in [0.29, 0.717) is 0 Å². The second-order valence-corrected chi connectivity index (χ2v) is 6.61. The van der Waals surface area contributed by atoms with Gasteiger partial charge in [-0.2, -0.15) is 0 Å². The highest BCUT2D eigenvalue weighted by Crippen LogP contribution is 2.23. The maximum Gasteiger partial charge on any atom is 0.315 e. The summed E-state index contributed by atoms with van der Waals surface area (Å²) >= 11 is 0. The molecule has 1 aromatic rings. The standard InChI is InChI=1S/C17H26N2O2/c1-12(2)13-8-7-9-14(10-13)17(5,6)19-15(20)18-11-16(3,4)21/h7-10,21H,1,11H2,2-6H3,(H2,18,19,20). The van der Waals surface area contributed by atoms with Crippen molar-refractivity contribution in [2.24, 2.45) is 0 Å². The van der Waals surface area contributed by atoms with Crippen molar-refractivity contribution in [1.29, 1.82) is 0 Å². The largest absolute Gasteiger partial charge is 0.389 e. The predicted molar refractivity (Wildman–Crippen MR) is 87.0 cm³/mol. The first-order chi connectivity index (χ1) is 9.51. The third-order valence-electron chi connectivity index (χ3n) is 3.18. The first-order valence-electron chi connectivity index (χ1n) is 7.06. The normalized spacial score (nSPS) is 11.9. The van der Waals surface area contributed by atoms with E-state index in [1.165, 1.54) is 0 Å². The molecule has 21 heavy (non-hydrogen) atoms. The van der Waals surface area contributed by atoms with Crippen LogP contribution >= 0.6 is 0 Å². The molecule has 0 atom stereocenters. The van der Waals surface area contributed by atoms with Crippen LogP contribution in [0.25, 0.3) is 5.57 Å². The predicted octanol–water partition coefficient (Wildman–Crippen LogP) is 3.02. The monoisotopic (exact) mass is 290 g/mol. The number of rotatable bonds is 5. The van der Waals surface area contributed by atoms with Gasteiger partial charge in [0.05, 0.1) is 11.1 Å². The lowest BCUT2D eigenvalue weighted by Gasteiger charge is -2.28. The molecule has 2 amide bonds. The maximum atomic E-state index is 11.9. The Hall–Kier alpha value is -1.81. The van der Waals surface area contributed by atoms with Crippen LogP contribution in [0.15, 0.2) is 30.8 Å². The van der Waals surface area contributed by atoms with Crippen LogP contribution in [0.2, 0.25) is 0 Å². The van der Waals surface area contributed by atoms with Gasteiger partial charge in [0, 0.05) is 6.54 Å². The van der Waals surface area contributed by atoms with Crippen LogP contribution in [0, 0.1) is 0 Å². The minimum Gasteiger partial charge on any atom is -0.389 e. The molecular formula is C17H26N2O2. The Labute approximate surface area is 127 Å². The van der Waals surface area contributed by atoms with Crippen LogP contribution in [0.5, 0.6) is 0 Å². The molecule has 0 saturated carbocycles. The number of aliphatic hydroxyl groups is 1.